The minimum atomic E-state index is -0.0873. The van der Waals surface area contributed by atoms with Crippen LogP contribution in [0.25, 0.3) is 10.9 Å². The van der Waals surface area contributed by atoms with Gasteiger partial charge in [0.25, 0.3) is 5.91 Å². The number of nitrogens with one attached hydrogen (secondary N) is 2. The van der Waals surface area contributed by atoms with Crippen LogP contribution in [0, 0.1) is 0 Å². The Balaban J connectivity index is 1.35. The van der Waals surface area contributed by atoms with Gasteiger partial charge in [-0.1, -0.05) is 18.2 Å². The van der Waals surface area contributed by atoms with Gasteiger partial charge < -0.3 is 10.6 Å². The van der Waals surface area contributed by atoms with Crippen molar-refractivity contribution in [2.45, 2.75) is 38.1 Å². The molecule has 1 aromatic heterocycles. The monoisotopic (exact) mass is 415 g/mol. The van der Waals surface area contributed by atoms with E-state index in [1.807, 2.05) is 42.5 Å². The Morgan fingerprint density at radius 2 is 1.71 bits per heavy atom. The standard InChI is InChI=1S/C26H30N4O/c31-26(29-22-18-21-6-2-3-7-25(21)28-19-22)20-8-10-23(11-9-20)30(16-4-1-5-17-30)24-12-14-27-15-13-24/h2-3,6-11,18-19,24,27H,1,4-5,12-17H2/p+1. The molecule has 0 radical (unpaired) electrons. The van der Waals surface area contributed by atoms with E-state index in [1.165, 1.54) is 50.9 Å². The number of hydrogen-bond acceptors (Lipinski definition) is 3. The second kappa shape index (κ2) is 8.77. The summed E-state index contributed by atoms with van der Waals surface area (Å²) < 4.78 is 1.10. The maximum absolute atomic E-state index is 12.9. The fourth-order valence-electron chi connectivity index (χ4n) is 5.46. The quantitative estimate of drug-likeness (QED) is 0.606. The van der Waals surface area contributed by atoms with Crippen molar-refractivity contribution in [3.8, 4) is 0 Å². The van der Waals surface area contributed by atoms with Gasteiger partial charge in [0.15, 0.2) is 0 Å². The molecule has 1 amide bonds. The zero-order chi connectivity index (χ0) is 21.1. The summed E-state index contributed by atoms with van der Waals surface area (Å²) in [6.07, 6.45) is 8.11. The van der Waals surface area contributed by atoms with Gasteiger partial charge in [0.05, 0.1) is 36.5 Å². The molecule has 2 aliphatic rings. The maximum Gasteiger partial charge on any atom is 0.255 e. The molecule has 0 aliphatic carbocycles. The molecule has 2 saturated heterocycles. The molecule has 2 fully saturated rings. The van der Waals surface area contributed by atoms with Crippen LogP contribution in [0.5, 0.6) is 0 Å². The fraction of sp³-hybridized carbons (Fsp3) is 0.385. The molecule has 0 bridgehead atoms. The first-order valence-corrected chi connectivity index (χ1v) is 11.6. The first kappa shape index (κ1) is 20.2. The molecule has 0 saturated carbocycles. The normalized spacial score (nSPS) is 19.2. The van der Waals surface area contributed by atoms with Gasteiger partial charge >= 0.3 is 0 Å². The minimum Gasteiger partial charge on any atom is -0.321 e. The van der Waals surface area contributed by atoms with Crippen molar-refractivity contribution in [2.75, 3.05) is 31.5 Å². The molecule has 160 valence electrons. The summed E-state index contributed by atoms with van der Waals surface area (Å²) in [7, 11) is 0. The smallest absolute Gasteiger partial charge is 0.255 e. The number of piperidine rings is 2. The lowest BCUT2D eigenvalue weighted by molar-refractivity contribution is 0.102. The Bertz CT molecular complexity index is 1050. The van der Waals surface area contributed by atoms with Crippen LogP contribution in [0.3, 0.4) is 0 Å². The number of para-hydroxylation sites is 1. The molecule has 0 unspecified atom stereocenters. The molecule has 2 N–H and O–H groups in total. The third-order valence-corrected chi connectivity index (χ3v) is 7.11. The number of carbonyl (C=O) groups excluding carboxylic acids is 1. The van der Waals surface area contributed by atoms with Crippen LogP contribution < -0.4 is 15.1 Å². The summed E-state index contributed by atoms with van der Waals surface area (Å²) in [4.78, 5) is 17.3. The highest BCUT2D eigenvalue weighted by atomic mass is 16.1. The van der Waals surface area contributed by atoms with Crippen molar-refractivity contribution < 1.29 is 4.79 Å². The SMILES string of the molecule is O=C(Nc1cnc2ccccc2c1)c1ccc([N+]2(C3CCNCC3)CCCCC2)cc1. The molecule has 0 atom stereocenters. The van der Waals surface area contributed by atoms with Crippen molar-refractivity contribution in [3.05, 3.63) is 66.4 Å². The number of rotatable bonds is 4. The summed E-state index contributed by atoms with van der Waals surface area (Å²) in [5, 5.41) is 7.54. The van der Waals surface area contributed by atoms with Gasteiger partial charge in [-0.25, -0.2) is 0 Å². The summed E-state index contributed by atoms with van der Waals surface area (Å²) in [6.45, 7) is 4.67. The van der Waals surface area contributed by atoms with E-state index in [1.54, 1.807) is 6.20 Å². The highest BCUT2D eigenvalue weighted by Crippen LogP contribution is 2.35. The third-order valence-electron chi connectivity index (χ3n) is 7.11. The number of carbonyl (C=O) groups is 1. The summed E-state index contributed by atoms with van der Waals surface area (Å²) >= 11 is 0. The van der Waals surface area contributed by atoms with E-state index in [-0.39, 0.29) is 5.91 Å². The second-order valence-electron chi connectivity index (χ2n) is 8.94. The first-order valence-electron chi connectivity index (χ1n) is 11.6. The van der Waals surface area contributed by atoms with Crippen molar-refractivity contribution >= 4 is 28.2 Å². The highest BCUT2D eigenvalue weighted by molar-refractivity contribution is 6.05. The topological polar surface area (TPSA) is 54.0 Å². The lowest BCUT2D eigenvalue weighted by Crippen LogP contribution is -2.62. The Morgan fingerprint density at radius 3 is 2.48 bits per heavy atom. The van der Waals surface area contributed by atoms with E-state index in [2.05, 4.69) is 27.8 Å². The predicted octanol–water partition coefficient (Wildman–Crippen LogP) is 4.73. The number of hydrogen-bond donors (Lipinski definition) is 2. The van der Waals surface area contributed by atoms with Crippen LogP contribution in [-0.4, -0.2) is 43.1 Å². The minimum absolute atomic E-state index is 0.0873. The number of aromatic nitrogens is 1. The molecule has 2 aliphatic heterocycles. The molecule has 3 aromatic rings. The van der Waals surface area contributed by atoms with E-state index < -0.39 is 0 Å². The van der Waals surface area contributed by atoms with Crippen LogP contribution in [0.2, 0.25) is 0 Å². The molecule has 3 heterocycles. The van der Waals surface area contributed by atoms with Crippen LogP contribution in [0.1, 0.15) is 42.5 Å². The summed E-state index contributed by atoms with van der Waals surface area (Å²) in [6, 6.07) is 19.0. The van der Waals surface area contributed by atoms with Crippen LogP contribution in [0.4, 0.5) is 11.4 Å². The van der Waals surface area contributed by atoms with E-state index in [0.717, 1.165) is 34.2 Å². The van der Waals surface area contributed by atoms with Gasteiger partial charge in [-0.15, -0.1) is 0 Å². The number of pyridine rings is 1. The predicted molar refractivity (Wildman–Crippen MR) is 127 cm³/mol. The molecule has 0 spiro atoms. The highest BCUT2D eigenvalue weighted by Gasteiger charge is 2.40. The number of amides is 1. The number of fused-ring (bicyclic) bond motifs is 1. The van der Waals surface area contributed by atoms with Gasteiger partial charge in [0.2, 0.25) is 0 Å². The number of anilines is 1. The van der Waals surface area contributed by atoms with Gasteiger partial charge in [0, 0.05) is 36.9 Å². The van der Waals surface area contributed by atoms with Crippen LogP contribution >= 0.6 is 0 Å². The number of benzene rings is 2. The Morgan fingerprint density at radius 1 is 0.968 bits per heavy atom. The van der Waals surface area contributed by atoms with Crippen molar-refractivity contribution in [2.24, 2.45) is 0 Å². The van der Waals surface area contributed by atoms with E-state index in [4.69, 9.17) is 0 Å². The largest absolute Gasteiger partial charge is 0.321 e. The molecular formula is C26H31N4O+. The van der Waals surface area contributed by atoms with Crippen LogP contribution in [-0.2, 0) is 0 Å². The maximum atomic E-state index is 12.9. The first-order chi connectivity index (χ1) is 15.2. The summed E-state index contributed by atoms with van der Waals surface area (Å²) in [5.74, 6) is -0.0873. The zero-order valence-corrected chi connectivity index (χ0v) is 18.0. The molecular weight excluding hydrogens is 384 g/mol. The summed E-state index contributed by atoms with van der Waals surface area (Å²) in [5.41, 5.74) is 3.72. The van der Waals surface area contributed by atoms with Gasteiger partial charge in [0.1, 0.15) is 5.69 Å². The average molecular weight is 416 g/mol. The lowest BCUT2D eigenvalue weighted by Gasteiger charge is -2.48. The Hall–Kier alpha value is -2.76. The molecule has 31 heavy (non-hydrogen) atoms. The fourth-order valence-corrected chi connectivity index (χ4v) is 5.46. The number of likely N-dealkylation sites (tertiary alicyclic amines) is 1. The van der Waals surface area contributed by atoms with E-state index >= 15 is 0 Å². The Labute approximate surface area is 184 Å². The van der Waals surface area contributed by atoms with E-state index in [0.29, 0.717) is 11.6 Å². The average Bonchev–Trinajstić information content (AvgIpc) is 2.85. The van der Waals surface area contributed by atoms with Gasteiger partial charge in [-0.3, -0.25) is 14.3 Å². The van der Waals surface area contributed by atoms with Crippen LogP contribution in [0.15, 0.2) is 60.8 Å². The number of quaternary nitrogens is 1. The third kappa shape index (κ3) is 4.08. The second-order valence-corrected chi connectivity index (χ2v) is 8.94. The molecule has 5 heteroatoms. The van der Waals surface area contributed by atoms with Gasteiger partial charge in [-0.2, -0.15) is 0 Å². The van der Waals surface area contributed by atoms with Gasteiger partial charge in [-0.05, 0) is 55.7 Å². The van der Waals surface area contributed by atoms with Crippen molar-refractivity contribution in [1.82, 2.24) is 14.8 Å². The van der Waals surface area contributed by atoms with E-state index in [9.17, 15) is 4.79 Å². The van der Waals surface area contributed by atoms with Crippen molar-refractivity contribution in [1.29, 1.82) is 0 Å². The Kier molecular flexibility index (Phi) is 5.70. The lowest BCUT2D eigenvalue weighted by atomic mass is 9.94. The molecule has 5 rings (SSSR count). The molecule has 2 aromatic carbocycles. The number of nitrogens with zero attached hydrogens (tertiary/aromatic N) is 2. The molecule has 5 nitrogen and oxygen atoms in total. The van der Waals surface area contributed by atoms with Crippen molar-refractivity contribution in [3.63, 3.8) is 0 Å². The zero-order valence-electron chi connectivity index (χ0n) is 18.0.